The molecule has 2 aromatic rings. The van der Waals surface area contributed by atoms with Gasteiger partial charge in [-0.25, -0.2) is 14.3 Å². The van der Waals surface area contributed by atoms with E-state index in [9.17, 15) is 4.79 Å². The molecule has 116 valence electrons. The molecular weight excluding hydrogens is 270 g/mol. The van der Waals surface area contributed by atoms with E-state index in [4.69, 9.17) is 16.6 Å². The van der Waals surface area contributed by atoms with Crippen LogP contribution in [0.25, 0.3) is 5.65 Å². The Morgan fingerprint density at radius 3 is 2.62 bits per heavy atom. The van der Waals surface area contributed by atoms with E-state index in [-0.39, 0.29) is 11.1 Å². The van der Waals surface area contributed by atoms with E-state index in [1.54, 1.807) is 6.07 Å². The fraction of sp³-hybridized carbons (Fsp3) is 0.500. The zero-order valence-electron chi connectivity index (χ0n) is 12.7. The van der Waals surface area contributed by atoms with Crippen molar-refractivity contribution in [1.82, 2.24) is 14.6 Å². The molecule has 0 radical (unpaired) electrons. The van der Waals surface area contributed by atoms with Crippen LogP contribution in [0, 0.1) is 6.92 Å². The van der Waals surface area contributed by atoms with Crippen LogP contribution in [-0.2, 0) is 0 Å². The Labute approximate surface area is 124 Å². The van der Waals surface area contributed by atoms with E-state index < -0.39 is 5.97 Å². The van der Waals surface area contributed by atoms with Crippen LogP contribution in [0.1, 0.15) is 42.7 Å². The Kier molecular flexibility index (Phi) is 5.80. The molecule has 7 nitrogen and oxygen atoms in total. The largest absolute Gasteiger partial charge is 0.478 e. The van der Waals surface area contributed by atoms with Crippen LogP contribution >= 0.6 is 0 Å². The second kappa shape index (κ2) is 7.14. The van der Waals surface area contributed by atoms with Gasteiger partial charge in [-0.2, -0.15) is 5.10 Å². The predicted molar refractivity (Wildman–Crippen MR) is 81.2 cm³/mol. The normalized spacial score (nSPS) is 11.1. The smallest absolute Gasteiger partial charge is 0.338 e. The molecule has 0 unspecified atom stereocenters. The first-order valence-electron chi connectivity index (χ1n) is 6.77. The van der Waals surface area contributed by atoms with Crippen molar-refractivity contribution in [2.75, 3.05) is 6.54 Å². The van der Waals surface area contributed by atoms with Crippen molar-refractivity contribution in [2.45, 2.75) is 39.2 Å². The number of carboxylic acids is 1. The molecule has 7 heteroatoms. The fourth-order valence-corrected chi connectivity index (χ4v) is 1.66. The maximum atomic E-state index is 10.6. The zero-order valence-corrected chi connectivity index (χ0v) is 12.7. The summed E-state index contributed by atoms with van der Waals surface area (Å²) < 4.78 is 1.46. The Bertz CT molecular complexity index is 601. The van der Waals surface area contributed by atoms with Gasteiger partial charge >= 0.3 is 5.97 Å². The van der Waals surface area contributed by atoms with Crippen molar-refractivity contribution in [3.63, 3.8) is 0 Å². The maximum Gasteiger partial charge on any atom is 0.338 e. The standard InChI is InChI=1S/C8H7N3O2.C6H16N2/c1-5-2-7-9-3-6(8(12)13)4-11(7)10-5;1-6(2,8)4-3-5-7/h2-4H,1H3,(H,12,13);3-5,7-8H2,1-2H3. The number of hydrogen-bond acceptors (Lipinski definition) is 5. The summed E-state index contributed by atoms with van der Waals surface area (Å²) in [6, 6.07) is 1.78. The minimum absolute atomic E-state index is 0.0284. The number of nitrogens with zero attached hydrogens (tertiary/aromatic N) is 3. The summed E-state index contributed by atoms with van der Waals surface area (Å²) in [5.41, 5.74) is 12.5. The number of hydrogen-bond donors (Lipinski definition) is 3. The molecule has 0 bridgehead atoms. The number of carboxylic acid groups (broad SMARTS) is 1. The number of fused-ring (bicyclic) bond motifs is 1. The van der Waals surface area contributed by atoms with Crippen LogP contribution < -0.4 is 11.5 Å². The molecule has 2 heterocycles. The van der Waals surface area contributed by atoms with E-state index in [1.807, 2.05) is 20.8 Å². The van der Waals surface area contributed by atoms with E-state index >= 15 is 0 Å². The zero-order chi connectivity index (χ0) is 16.0. The molecule has 0 spiro atoms. The van der Waals surface area contributed by atoms with E-state index in [0.717, 1.165) is 25.1 Å². The van der Waals surface area contributed by atoms with Crippen molar-refractivity contribution in [2.24, 2.45) is 11.5 Å². The second-order valence-electron chi connectivity index (χ2n) is 5.62. The lowest BCUT2D eigenvalue weighted by Gasteiger charge is -2.16. The molecule has 0 saturated heterocycles. The first-order valence-corrected chi connectivity index (χ1v) is 6.77. The van der Waals surface area contributed by atoms with Crippen LogP contribution in [0.15, 0.2) is 18.5 Å². The molecule has 2 rings (SSSR count). The Hall–Kier alpha value is -1.99. The van der Waals surface area contributed by atoms with Crippen molar-refractivity contribution in [3.8, 4) is 0 Å². The number of aromatic carboxylic acids is 1. The number of aryl methyl sites for hydroxylation is 1. The molecule has 0 atom stereocenters. The Morgan fingerprint density at radius 1 is 1.48 bits per heavy atom. The number of aromatic nitrogens is 3. The van der Waals surface area contributed by atoms with Crippen molar-refractivity contribution in [1.29, 1.82) is 0 Å². The van der Waals surface area contributed by atoms with Gasteiger partial charge < -0.3 is 16.6 Å². The van der Waals surface area contributed by atoms with Gasteiger partial charge in [0, 0.05) is 24.0 Å². The summed E-state index contributed by atoms with van der Waals surface area (Å²) in [4.78, 5) is 14.5. The fourth-order valence-electron chi connectivity index (χ4n) is 1.66. The highest BCUT2D eigenvalue weighted by Crippen LogP contribution is 2.05. The third-order valence-electron chi connectivity index (χ3n) is 2.71. The van der Waals surface area contributed by atoms with Gasteiger partial charge in [-0.15, -0.1) is 0 Å². The topological polar surface area (TPSA) is 120 Å². The van der Waals surface area contributed by atoms with Crippen molar-refractivity contribution < 1.29 is 9.90 Å². The van der Waals surface area contributed by atoms with Gasteiger partial charge in [0.05, 0.1) is 11.3 Å². The average molecular weight is 293 g/mol. The van der Waals surface area contributed by atoms with Gasteiger partial charge in [0.2, 0.25) is 0 Å². The summed E-state index contributed by atoms with van der Waals surface area (Å²) in [5, 5.41) is 12.7. The van der Waals surface area contributed by atoms with E-state index in [2.05, 4.69) is 10.1 Å². The molecule has 0 saturated carbocycles. The van der Waals surface area contributed by atoms with Gasteiger partial charge in [0.1, 0.15) is 0 Å². The highest BCUT2D eigenvalue weighted by Gasteiger charge is 2.07. The predicted octanol–water partition coefficient (Wildman–Crippen LogP) is 1.20. The van der Waals surface area contributed by atoms with Gasteiger partial charge in [0.25, 0.3) is 0 Å². The van der Waals surface area contributed by atoms with Gasteiger partial charge in [-0.3, -0.25) is 0 Å². The van der Waals surface area contributed by atoms with Crippen LogP contribution in [0.3, 0.4) is 0 Å². The van der Waals surface area contributed by atoms with Crippen molar-refractivity contribution >= 4 is 11.6 Å². The first-order chi connectivity index (χ1) is 9.73. The summed E-state index contributed by atoms with van der Waals surface area (Å²) in [6.45, 7) is 6.61. The SMILES string of the molecule is CC(C)(N)CCCN.Cc1cc2ncc(C(=O)O)cn2n1. The summed E-state index contributed by atoms with van der Waals surface area (Å²) in [7, 11) is 0. The highest BCUT2D eigenvalue weighted by atomic mass is 16.4. The van der Waals surface area contributed by atoms with Crippen LogP contribution in [0.5, 0.6) is 0 Å². The van der Waals surface area contributed by atoms with E-state index in [1.165, 1.54) is 16.9 Å². The lowest BCUT2D eigenvalue weighted by atomic mass is 10.0. The molecule has 2 aromatic heterocycles. The van der Waals surface area contributed by atoms with Crippen LogP contribution in [0.4, 0.5) is 0 Å². The quantitative estimate of drug-likeness (QED) is 0.779. The average Bonchev–Trinajstić information content (AvgIpc) is 2.75. The molecule has 21 heavy (non-hydrogen) atoms. The summed E-state index contributed by atoms with van der Waals surface area (Å²) in [5.74, 6) is -0.998. The first kappa shape index (κ1) is 17.1. The maximum absolute atomic E-state index is 10.6. The highest BCUT2D eigenvalue weighted by molar-refractivity contribution is 5.87. The summed E-state index contributed by atoms with van der Waals surface area (Å²) in [6.07, 6.45) is 4.81. The molecule has 0 aliphatic carbocycles. The Balaban J connectivity index is 0.000000240. The minimum atomic E-state index is -0.998. The molecule has 0 aliphatic heterocycles. The number of carbonyl (C=O) groups is 1. The van der Waals surface area contributed by atoms with Crippen LogP contribution in [-0.4, -0.2) is 37.8 Å². The lowest BCUT2D eigenvalue weighted by Crippen LogP contribution is -2.32. The van der Waals surface area contributed by atoms with Crippen molar-refractivity contribution in [3.05, 3.63) is 29.7 Å². The molecule has 0 fully saturated rings. The molecular formula is C14H23N5O2. The van der Waals surface area contributed by atoms with Crippen LogP contribution in [0.2, 0.25) is 0 Å². The van der Waals surface area contributed by atoms with Gasteiger partial charge in [-0.1, -0.05) is 0 Å². The summed E-state index contributed by atoms with van der Waals surface area (Å²) >= 11 is 0. The minimum Gasteiger partial charge on any atom is -0.478 e. The molecule has 0 amide bonds. The molecule has 0 aromatic carbocycles. The number of rotatable bonds is 4. The van der Waals surface area contributed by atoms with Gasteiger partial charge in [-0.05, 0) is 40.2 Å². The molecule has 0 aliphatic rings. The second-order valence-corrected chi connectivity index (χ2v) is 5.62. The third-order valence-corrected chi connectivity index (χ3v) is 2.71. The van der Waals surface area contributed by atoms with Gasteiger partial charge in [0.15, 0.2) is 5.65 Å². The third kappa shape index (κ3) is 5.88. The molecule has 5 N–H and O–H groups in total. The monoisotopic (exact) mass is 293 g/mol. The van der Waals surface area contributed by atoms with E-state index in [0.29, 0.717) is 5.65 Å². The number of nitrogens with two attached hydrogens (primary N) is 2. The Morgan fingerprint density at radius 2 is 2.14 bits per heavy atom. The lowest BCUT2D eigenvalue weighted by molar-refractivity contribution is 0.0695.